The average molecular weight is 287 g/mol. The van der Waals surface area contributed by atoms with E-state index >= 15 is 0 Å². The Bertz CT molecular complexity index is 479. The van der Waals surface area contributed by atoms with Gasteiger partial charge in [-0.3, -0.25) is 9.59 Å². The predicted molar refractivity (Wildman–Crippen MR) is 69.9 cm³/mol. The van der Waals surface area contributed by atoms with Crippen LogP contribution in [0.1, 0.15) is 5.56 Å². The zero-order valence-corrected chi connectivity index (χ0v) is 11.1. The second-order valence-electron chi connectivity index (χ2n) is 3.92. The van der Waals surface area contributed by atoms with E-state index in [1.54, 1.807) is 25.1 Å². The molecule has 0 aliphatic rings. The molecule has 1 atom stereocenters. The first-order valence-electron chi connectivity index (χ1n) is 5.53. The zero-order chi connectivity index (χ0) is 14.4. The van der Waals surface area contributed by atoms with Crippen LogP contribution in [0.5, 0.6) is 5.75 Å². The van der Waals surface area contributed by atoms with Gasteiger partial charge in [-0.05, 0) is 30.7 Å². The Labute approximate surface area is 115 Å². The fourth-order valence-corrected chi connectivity index (χ4v) is 1.51. The Morgan fingerprint density at radius 3 is 2.79 bits per heavy atom. The highest BCUT2D eigenvalue weighted by molar-refractivity contribution is 6.30. The number of nitrogens with two attached hydrogens (primary N) is 1. The van der Waals surface area contributed by atoms with Gasteiger partial charge in [-0.1, -0.05) is 11.6 Å². The van der Waals surface area contributed by atoms with Gasteiger partial charge in [0.15, 0.2) is 6.61 Å². The lowest BCUT2D eigenvalue weighted by atomic mass is 10.2. The minimum Gasteiger partial charge on any atom is -0.484 e. The Kier molecular flexibility index (Phi) is 5.59. The summed E-state index contributed by atoms with van der Waals surface area (Å²) in [5.74, 6) is -0.820. The first-order valence-corrected chi connectivity index (χ1v) is 5.91. The average Bonchev–Trinajstić information content (AvgIpc) is 2.34. The molecule has 0 radical (unpaired) electrons. The van der Waals surface area contributed by atoms with Crippen LogP contribution in [0.15, 0.2) is 18.2 Å². The summed E-state index contributed by atoms with van der Waals surface area (Å²) >= 11 is 5.79. The number of halogens is 1. The molecule has 1 aromatic rings. The van der Waals surface area contributed by atoms with Gasteiger partial charge >= 0.3 is 0 Å². The van der Waals surface area contributed by atoms with E-state index in [2.05, 4.69) is 5.32 Å². The van der Waals surface area contributed by atoms with Gasteiger partial charge < -0.3 is 20.9 Å². The molecule has 0 spiro atoms. The number of primary amides is 1. The highest BCUT2D eigenvalue weighted by Gasteiger charge is 2.12. The van der Waals surface area contributed by atoms with Crippen molar-refractivity contribution in [2.75, 3.05) is 13.2 Å². The molecular weight excluding hydrogens is 272 g/mol. The zero-order valence-electron chi connectivity index (χ0n) is 10.4. The van der Waals surface area contributed by atoms with Crippen LogP contribution in [0.25, 0.3) is 0 Å². The number of aliphatic hydroxyl groups excluding tert-OH is 1. The van der Waals surface area contributed by atoms with Gasteiger partial charge in [0.25, 0.3) is 5.91 Å². The molecular formula is C12H15ClN2O4. The van der Waals surface area contributed by atoms with Crippen molar-refractivity contribution >= 4 is 23.4 Å². The smallest absolute Gasteiger partial charge is 0.258 e. The van der Waals surface area contributed by atoms with Crippen LogP contribution in [0.2, 0.25) is 5.02 Å². The molecule has 0 saturated carbocycles. The maximum Gasteiger partial charge on any atom is 0.258 e. The molecule has 0 heterocycles. The summed E-state index contributed by atoms with van der Waals surface area (Å²) in [6.45, 7) is 1.33. The molecule has 1 aromatic carbocycles. The van der Waals surface area contributed by atoms with Crippen LogP contribution in [-0.4, -0.2) is 36.2 Å². The lowest BCUT2D eigenvalue weighted by Crippen LogP contribution is -2.41. The first-order chi connectivity index (χ1) is 8.90. The van der Waals surface area contributed by atoms with E-state index < -0.39 is 17.9 Å². The van der Waals surface area contributed by atoms with Crippen molar-refractivity contribution in [1.29, 1.82) is 0 Å². The standard InChI is InChI=1S/C12H15ClN2O4/c1-7-4-8(13)2-3-10(7)19-6-11(17)15-5-9(16)12(14)18/h2-4,9,16H,5-6H2,1H3,(H2,14,18)(H,15,17). The molecule has 0 aliphatic heterocycles. The summed E-state index contributed by atoms with van der Waals surface area (Å²) in [5, 5.41) is 12.0. The number of carbonyl (C=O) groups excluding carboxylic acids is 2. The van der Waals surface area contributed by atoms with Crippen LogP contribution in [0.4, 0.5) is 0 Å². The van der Waals surface area contributed by atoms with Crippen LogP contribution in [0.3, 0.4) is 0 Å². The lowest BCUT2D eigenvalue weighted by Gasteiger charge is -2.11. The second-order valence-corrected chi connectivity index (χ2v) is 4.36. The highest BCUT2D eigenvalue weighted by Crippen LogP contribution is 2.21. The minimum atomic E-state index is -1.40. The largest absolute Gasteiger partial charge is 0.484 e. The third-order valence-corrected chi connectivity index (χ3v) is 2.55. The molecule has 0 saturated heterocycles. The van der Waals surface area contributed by atoms with Gasteiger partial charge in [0, 0.05) is 5.02 Å². The number of aliphatic hydroxyl groups is 1. The third-order valence-electron chi connectivity index (χ3n) is 2.32. The summed E-state index contributed by atoms with van der Waals surface area (Å²) in [7, 11) is 0. The van der Waals surface area contributed by atoms with Gasteiger partial charge in [-0.25, -0.2) is 0 Å². The van der Waals surface area contributed by atoms with E-state index in [1.165, 1.54) is 0 Å². The fraction of sp³-hybridized carbons (Fsp3) is 0.333. The molecule has 0 bridgehead atoms. The number of ether oxygens (including phenoxy) is 1. The molecule has 6 nitrogen and oxygen atoms in total. The molecule has 4 N–H and O–H groups in total. The monoisotopic (exact) mass is 286 g/mol. The molecule has 1 rings (SSSR count). The van der Waals surface area contributed by atoms with Crippen LogP contribution >= 0.6 is 11.6 Å². The Balaban J connectivity index is 2.40. The van der Waals surface area contributed by atoms with Crippen molar-refractivity contribution in [2.24, 2.45) is 5.73 Å². The Hall–Kier alpha value is -1.79. The number of benzene rings is 1. The lowest BCUT2D eigenvalue weighted by molar-refractivity contribution is -0.127. The van der Waals surface area contributed by atoms with Crippen molar-refractivity contribution in [3.05, 3.63) is 28.8 Å². The molecule has 7 heteroatoms. The number of amides is 2. The van der Waals surface area contributed by atoms with Gasteiger partial charge in [0.1, 0.15) is 11.9 Å². The van der Waals surface area contributed by atoms with Crippen LogP contribution in [0, 0.1) is 6.92 Å². The molecule has 0 aliphatic carbocycles. The summed E-state index contributed by atoms with van der Waals surface area (Å²) in [4.78, 5) is 21.9. The van der Waals surface area contributed by atoms with Crippen LogP contribution in [-0.2, 0) is 9.59 Å². The number of hydrogen-bond donors (Lipinski definition) is 3. The van der Waals surface area contributed by atoms with E-state index in [1.807, 2.05) is 0 Å². The van der Waals surface area contributed by atoms with E-state index in [-0.39, 0.29) is 13.2 Å². The number of nitrogens with one attached hydrogen (secondary N) is 1. The Morgan fingerprint density at radius 1 is 1.53 bits per heavy atom. The summed E-state index contributed by atoms with van der Waals surface area (Å²) in [6.07, 6.45) is -1.40. The van der Waals surface area contributed by atoms with E-state index in [0.717, 1.165) is 5.56 Å². The summed E-state index contributed by atoms with van der Waals surface area (Å²) in [6, 6.07) is 5.02. The molecule has 19 heavy (non-hydrogen) atoms. The van der Waals surface area contributed by atoms with Crippen molar-refractivity contribution in [3.63, 3.8) is 0 Å². The van der Waals surface area contributed by atoms with Gasteiger partial charge in [-0.15, -0.1) is 0 Å². The van der Waals surface area contributed by atoms with Gasteiger partial charge in [0.2, 0.25) is 5.91 Å². The summed E-state index contributed by atoms with van der Waals surface area (Å²) < 4.78 is 5.28. The maximum absolute atomic E-state index is 11.4. The molecule has 0 fully saturated rings. The van der Waals surface area contributed by atoms with Gasteiger partial charge in [-0.2, -0.15) is 0 Å². The molecule has 104 valence electrons. The normalized spacial score (nSPS) is 11.7. The van der Waals surface area contributed by atoms with E-state index in [0.29, 0.717) is 10.8 Å². The van der Waals surface area contributed by atoms with Crippen LogP contribution < -0.4 is 15.8 Å². The number of aryl methyl sites for hydroxylation is 1. The van der Waals surface area contributed by atoms with Crippen molar-refractivity contribution in [1.82, 2.24) is 5.32 Å². The number of hydrogen-bond acceptors (Lipinski definition) is 4. The first kappa shape index (κ1) is 15.3. The van der Waals surface area contributed by atoms with Gasteiger partial charge in [0.05, 0.1) is 6.54 Å². The van der Waals surface area contributed by atoms with E-state index in [9.17, 15) is 9.59 Å². The van der Waals surface area contributed by atoms with Crippen molar-refractivity contribution < 1.29 is 19.4 Å². The molecule has 2 amide bonds. The van der Waals surface area contributed by atoms with Crippen molar-refractivity contribution in [2.45, 2.75) is 13.0 Å². The SMILES string of the molecule is Cc1cc(Cl)ccc1OCC(=O)NCC(O)C(N)=O. The van der Waals surface area contributed by atoms with Crippen molar-refractivity contribution in [3.8, 4) is 5.75 Å². The minimum absolute atomic E-state index is 0.228. The molecule has 0 aromatic heterocycles. The Morgan fingerprint density at radius 2 is 2.21 bits per heavy atom. The fourth-order valence-electron chi connectivity index (χ4n) is 1.28. The maximum atomic E-state index is 11.4. The summed E-state index contributed by atoms with van der Waals surface area (Å²) in [5.41, 5.74) is 5.64. The predicted octanol–water partition coefficient (Wildman–Crippen LogP) is -0.0104. The second kappa shape index (κ2) is 6.96. The third kappa shape index (κ3) is 5.15. The number of carbonyl (C=O) groups is 2. The topological polar surface area (TPSA) is 102 Å². The molecule has 1 unspecified atom stereocenters. The highest BCUT2D eigenvalue weighted by atomic mass is 35.5. The quantitative estimate of drug-likeness (QED) is 0.684. The number of rotatable bonds is 6. The van der Waals surface area contributed by atoms with E-state index in [4.69, 9.17) is 27.2 Å².